The zero-order valence-corrected chi connectivity index (χ0v) is 10.9. The molecule has 2 heterocycles. The first-order chi connectivity index (χ1) is 7.74. The number of nitrogens with zero attached hydrogens (tertiary/aromatic N) is 2. The van der Waals surface area contributed by atoms with Gasteiger partial charge in [0.2, 0.25) is 0 Å². The molecule has 0 aliphatic heterocycles. The molecule has 1 atom stereocenters. The van der Waals surface area contributed by atoms with Gasteiger partial charge in [-0.15, -0.1) is 0 Å². The summed E-state index contributed by atoms with van der Waals surface area (Å²) in [7, 11) is 1.92. The average molecular weight is 284 g/mol. The topological polar surface area (TPSA) is 43.0 Å². The largest absolute Gasteiger partial charge is 0.467 e. The Morgan fingerprint density at radius 2 is 2.44 bits per heavy atom. The number of nitrogens with one attached hydrogen (secondary N) is 1. The highest BCUT2D eigenvalue weighted by Crippen LogP contribution is 2.28. The summed E-state index contributed by atoms with van der Waals surface area (Å²) in [5.74, 6) is 0.895. The molecule has 0 spiro atoms. The van der Waals surface area contributed by atoms with E-state index >= 15 is 0 Å². The zero-order valence-electron chi connectivity index (χ0n) is 9.27. The Hall–Kier alpha value is -1.07. The third kappa shape index (κ3) is 2.05. The second-order valence-corrected chi connectivity index (χ2v) is 4.36. The molecule has 1 unspecified atom stereocenters. The van der Waals surface area contributed by atoms with E-state index in [2.05, 4.69) is 33.3 Å². The lowest BCUT2D eigenvalue weighted by atomic mass is 10.1. The normalized spacial score (nSPS) is 12.9. The van der Waals surface area contributed by atoms with Crippen molar-refractivity contribution in [1.29, 1.82) is 0 Å². The van der Waals surface area contributed by atoms with Crippen LogP contribution < -0.4 is 5.32 Å². The first kappa shape index (κ1) is 11.4. The summed E-state index contributed by atoms with van der Waals surface area (Å²) in [6, 6.07) is 3.89. The van der Waals surface area contributed by atoms with Gasteiger partial charge in [0.1, 0.15) is 11.8 Å². The number of furan rings is 1. The summed E-state index contributed by atoms with van der Waals surface area (Å²) in [4.78, 5) is 0. The highest BCUT2D eigenvalue weighted by Gasteiger charge is 2.21. The van der Waals surface area contributed by atoms with E-state index in [0.717, 1.165) is 22.5 Å². The number of aryl methyl sites for hydroxylation is 1. The Labute approximate surface area is 103 Å². The monoisotopic (exact) mass is 283 g/mol. The van der Waals surface area contributed by atoms with Crippen LogP contribution in [0.15, 0.2) is 33.5 Å². The van der Waals surface area contributed by atoms with Gasteiger partial charge in [-0.05, 0) is 34.6 Å². The van der Waals surface area contributed by atoms with Crippen molar-refractivity contribution < 1.29 is 4.42 Å². The number of aromatic nitrogens is 2. The van der Waals surface area contributed by atoms with Gasteiger partial charge in [0, 0.05) is 7.05 Å². The smallest absolute Gasteiger partial charge is 0.126 e. The molecule has 1 N–H and O–H groups in total. The molecule has 5 heteroatoms. The summed E-state index contributed by atoms with van der Waals surface area (Å²) in [5.41, 5.74) is 1.07. The van der Waals surface area contributed by atoms with Gasteiger partial charge in [-0.25, -0.2) is 0 Å². The number of halogens is 1. The van der Waals surface area contributed by atoms with Crippen LogP contribution in [0.4, 0.5) is 0 Å². The molecule has 86 valence electrons. The highest BCUT2D eigenvalue weighted by molar-refractivity contribution is 9.10. The Morgan fingerprint density at radius 3 is 2.94 bits per heavy atom. The summed E-state index contributed by atoms with van der Waals surface area (Å²) in [6.07, 6.45) is 3.48. The minimum absolute atomic E-state index is 0.0295. The van der Waals surface area contributed by atoms with Crippen LogP contribution in [0.1, 0.15) is 24.4 Å². The quantitative estimate of drug-likeness (QED) is 0.938. The minimum Gasteiger partial charge on any atom is -0.467 e. The Morgan fingerprint density at radius 1 is 1.62 bits per heavy atom. The van der Waals surface area contributed by atoms with Crippen molar-refractivity contribution in [2.45, 2.75) is 13.0 Å². The van der Waals surface area contributed by atoms with Crippen LogP contribution in [0.5, 0.6) is 0 Å². The van der Waals surface area contributed by atoms with E-state index in [1.165, 1.54) is 0 Å². The molecule has 4 nitrogen and oxygen atoms in total. The predicted octanol–water partition coefficient (Wildman–Crippen LogP) is 2.47. The van der Waals surface area contributed by atoms with E-state index in [-0.39, 0.29) is 6.04 Å². The maximum absolute atomic E-state index is 5.46. The lowest BCUT2D eigenvalue weighted by molar-refractivity contribution is 0.437. The fourth-order valence-electron chi connectivity index (χ4n) is 1.74. The van der Waals surface area contributed by atoms with Crippen LogP contribution in [0.3, 0.4) is 0 Å². The van der Waals surface area contributed by atoms with Crippen LogP contribution in [0, 0.1) is 0 Å². The highest BCUT2D eigenvalue weighted by atomic mass is 79.9. The molecule has 0 aromatic carbocycles. The summed E-state index contributed by atoms with van der Waals surface area (Å²) < 4.78 is 8.29. The third-order valence-electron chi connectivity index (χ3n) is 2.45. The van der Waals surface area contributed by atoms with Crippen molar-refractivity contribution in [3.63, 3.8) is 0 Å². The molecular formula is C11H14BrN3O. The average Bonchev–Trinajstić information content (AvgIpc) is 2.87. The van der Waals surface area contributed by atoms with E-state index in [9.17, 15) is 0 Å². The Kier molecular flexibility index (Phi) is 3.46. The molecule has 2 aromatic heterocycles. The molecular weight excluding hydrogens is 270 g/mol. The molecule has 0 radical (unpaired) electrons. The molecule has 2 rings (SSSR count). The third-order valence-corrected chi connectivity index (χ3v) is 3.06. The van der Waals surface area contributed by atoms with Gasteiger partial charge in [0.15, 0.2) is 0 Å². The summed E-state index contributed by atoms with van der Waals surface area (Å²) >= 11 is 3.51. The maximum Gasteiger partial charge on any atom is 0.126 e. The lowest BCUT2D eigenvalue weighted by Crippen LogP contribution is -2.24. The van der Waals surface area contributed by atoms with Crippen molar-refractivity contribution in [2.24, 2.45) is 7.05 Å². The molecule has 0 amide bonds. The molecule has 2 aromatic rings. The molecule has 0 fully saturated rings. The fraction of sp³-hybridized carbons (Fsp3) is 0.364. The first-order valence-corrected chi connectivity index (χ1v) is 5.97. The van der Waals surface area contributed by atoms with Crippen LogP contribution in [-0.4, -0.2) is 16.3 Å². The molecule has 0 aliphatic rings. The van der Waals surface area contributed by atoms with Gasteiger partial charge in [0.05, 0.1) is 22.6 Å². The minimum atomic E-state index is 0.0295. The number of hydrogen-bond donors (Lipinski definition) is 1. The molecule has 0 saturated heterocycles. The van der Waals surface area contributed by atoms with Gasteiger partial charge >= 0.3 is 0 Å². The second-order valence-electron chi connectivity index (χ2n) is 3.51. The zero-order chi connectivity index (χ0) is 11.5. The van der Waals surface area contributed by atoms with E-state index in [4.69, 9.17) is 4.42 Å². The standard InChI is InChI=1S/C11H14BrN3O/c1-3-13-10(9-5-4-6-16-9)11-8(12)7-14-15(11)2/h4-7,10,13H,3H2,1-2H3. The van der Waals surface area contributed by atoms with Crippen molar-refractivity contribution in [3.8, 4) is 0 Å². The predicted molar refractivity (Wildman–Crippen MR) is 65.1 cm³/mol. The van der Waals surface area contributed by atoms with Crippen LogP contribution in [0.25, 0.3) is 0 Å². The molecule has 0 aliphatic carbocycles. The molecule has 0 bridgehead atoms. The van der Waals surface area contributed by atoms with Crippen molar-refractivity contribution in [3.05, 3.63) is 40.5 Å². The fourth-order valence-corrected chi connectivity index (χ4v) is 2.31. The Balaban J connectivity index is 2.40. The first-order valence-electron chi connectivity index (χ1n) is 5.18. The number of rotatable bonds is 4. The summed E-state index contributed by atoms with van der Waals surface area (Å²) in [5, 5.41) is 7.60. The second kappa shape index (κ2) is 4.84. The van der Waals surface area contributed by atoms with Crippen LogP contribution >= 0.6 is 15.9 Å². The van der Waals surface area contributed by atoms with Gasteiger partial charge in [0.25, 0.3) is 0 Å². The van der Waals surface area contributed by atoms with Gasteiger partial charge in [-0.1, -0.05) is 6.92 Å². The molecule has 16 heavy (non-hydrogen) atoms. The van der Waals surface area contributed by atoms with Gasteiger partial charge < -0.3 is 9.73 Å². The van der Waals surface area contributed by atoms with Crippen molar-refractivity contribution in [1.82, 2.24) is 15.1 Å². The molecule has 0 saturated carbocycles. The lowest BCUT2D eigenvalue weighted by Gasteiger charge is -2.16. The summed E-state index contributed by atoms with van der Waals surface area (Å²) in [6.45, 7) is 2.93. The van der Waals surface area contributed by atoms with Crippen LogP contribution in [0.2, 0.25) is 0 Å². The van der Waals surface area contributed by atoms with Crippen molar-refractivity contribution >= 4 is 15.9 Å². The van der Waals surface area contributed by atoms with Gasteiger partial charge in [-0.2, -0.15) is 5.10 Å². The van der Waals surface area contributed by atoms with E-state index < -0.39 is 0 Å². The van der Waals surface area contributed by atoms with Crippen LogP contribution in [-0.2, 0) is 7.05 Å². The number of hydrogen-bond acceptors (Lipinski definition) is 3. The SMILES string of the molecule is CCNC(c1ccco1)c1c(Br)cnn1C. The van der Waals surface area contributed by atoms with E-state index in [1.54, 1.807) is 12.5 Å². The van der Waals surface area contributed by atoms with E-state index in [1.807, 2.05) is 23.9 Å². The van der Waals surface area contributed by atoms with Gasteiger partial charge in [-0.3, -0.25) is 4.68 Å². The maximum atomic E-state index is 5.46. The Bertz CT molecular complexity index is 430. The van der Waals surface area contributed by atoms with E-state index in [0.29, 0.717) is 0 Å². The van der Waals surface area contributed by atoms with Crippen molar-refractivity contribution in [2.75, 3.05) is 6.54 Å².